The molecule has 1 amide bonds. The highest BCUT2D eigenvalue weighted by Crippen LogP contribution is 2.29. The molecule has 0 aliphatic heterocycles. The first-order chi connectivity index (χ1) is 13.5. The third-order valence-corrected chi connectivity index (χ3v) is 5.59. The lowest BCUT2D eigenvalue weighted by atomic mass is 9.78. The normalized spacial score (nSPS) is 21.6. The molecule has 1 aliphatic rings. The van der Waals surface area contributed by atoms with Crippen molar-refractivity contribution >= 4 is 23.3 Å². The summed E-state index contributed by atoms with van der Waals surface area (Å²) in [6, 6.07) is 16.9. The molecule has 0 unspecified atom stereocenters. The first-order valence-electron chi connectivity index (χ1n) is 9.92. The van der Waals surface area contributed by atoms with E-state index in [4.69, 9.17) is 4.74 Å². The third-order valence-electron chi connectivity index (χ3n) is 5.59. The van der Waals surface area contributed by atoms with Gasteiger partial charge in [0.25, 0.3) is 5.91 Å². The Morgan fingerprint density at radius 2 is 1.71 bits per heavy atom. The molecule has 0 aromatic heterocycles. The van der Waals surface area contributed by atoms with Crippen LogP contribution >= 0.6 is 0 Å². The molecule has 0 bridgehead atoms. The maximum absolute atomic E-state index is 12.5. The predicted molar refractivity (Wildman–Crippen MR) is 111 cm³/mol. The van der Waals surface area contributed by atoms with Crippen LogP contribution in [0.1, 0.15) is 43.5 Å². The van der Waals surface area contributed by atoms with Gasteiger partial charge in [0.2, 0.25) is 0 Å². The van der Waals surface area contributed by atoms with Gasteiger partial charge in [0.05, 0.1) is 11.3 Å². The topological polar surface area (TPSA) is 67.4 Å². The SMILES string of the molecule is C[C@@H]1[C@H](C)CCC[C@H]1NC(=O)COC(=O)c1ccccc1Nc1ccccc1. The second kappa shape index (κ2) is 9.40. The van der Waals surface area contributed by atoms with Crippen LogP contribution < -0.4 is 10.6 Å². The molecule has 148 valence electrons. The maximum Gasteiger partial charge on any atom is 0.340 e. The number of amides is 1. The summed E-state index contributed by atoms with van der Waals surface area (Å²) in [6.07, 6.45) is 3.30. The summed E-state index contributed by atoms with van der Waals surface area (Å²) in [7, 11) is 0. The fourth-order valence-electron chi connectivity index (χ4n) is 3.69. The minimum Gasteiger partial charge on any atom is -0.452 e. The Morgan fingerprint density at radius 1 is 1.00 bits per heavy atom. The zero-order valence-corrected chi connectivity index (χ0v) is 16.5. The Kier molecular flexibility index (Phi) is 6.69. The van der Waals surface area contributed by atoms with E-state index in [0.717, 1.165) is 18.5 Å². The van der Waals surface area contributed by atoms with Crippen LogP contribution in [-0.4, -0.2) is 24.5 Å². The van der Waals surface area contributed by atoms with E-state index in [1.807, 2.05) is 42.5 Å². The van der Waals surface area contributed by atoms with Gasteiger partial charge in [-0.25, -0.2) is 4.79 Å². The Balaban J connectivity index is 1.57. The van der Waals surface area contributed by atoms with Crippen LogP contribution in [0, 0.1) is 11.8 Å². The highest BCUT2D eigenvalue weighted by Gasteiger charge is 2.28. The summed E-state index contributed by atoms with van der Waals surface area (Å²) in [5.74, 6) is 0.272. The van der Waals surface area contributed by atoms with Gasteiger partial charge in [-0.05, 0) is 42.5 Å². The maximum atomic E-state index is 12.5. The molecular weight excluding hydrogens is 352 g/mol. The van der Waals surface area contributed by atoms with Gasteiger partial charge < -0.3 is 15.4 Å². The Morgan fingerprint density at radius 3 is 2.50 bits per heavy atom. The van der Waals surface area contributed by atoms with E-state index >= 15 is 0 Å². The zero-order valence-electron chi connectivity index (χ0n) is 16.5. The number of para-hydroxylation sites is 2. The molecule has 5 heteroatoms. The molecule has 1 aliphatic carbocycles. The fraction of sp³-hybridized carbons (Fsp3) is 0.391. The molecule has 0 spiro atoms. The number of carbonyl (C=O) groups excluding carboxylic acids is 2. The highest BCUT2D eigenvalue weighted by molar-refractivity contribution is 5.97. The van der Waals surface area contributed by atoms with Crippen LogP contribution in [0.2, 0.25) is 0 Å². The second-order valence-corrected chi connectivity index (χ2v) is 7.55. The molecular formula is C23H28N2O3. The summed E-state index contributed by atoms with van der Waals surface area (Å²) in [4.78, 5) is 24.8. The number of anilines is 2. The Labute approximate surface area is 166 Å². The van der Waals surface area contributed by atoms with Crippen LogP contribution in [0.25, 0.3) is 0 Å². The van der Waals surface area contributed by atoms with Gasteiger partial charge in [-0.1, -0.05) is 57.0 Å². The van der Waals surface area contributed by atoms with E-state index in [-0.39, 0.29) is 18.6 Å². The minimum atomic E-state index is -0.515. The van der Waals surface area contributed by atoms with E-state index in [9.17, 15) is 9.59 Å². The molecule has 1 saturated carbocycles. The monoisotopic (exact) mass is 380 g/mol. The molecule has 3 atom stereocenters. The van der Waals surface area contributed by atoms with Crippen molar-refractivity contribution in [3.05, 3.63) is 60.2 Å². The molecule has 5 nitrogen and oxygen atoms in total. The van der Waals surface area contributed by atoms with E-state index in [0.29, 0.717) is 23.1 Å². The van der Waals surface area contributed by atoms with Gasteiger partial charge in [0.1, 0.15) is 0 Å². The number of esters is 1. The highest BCUT2D eigenvalue weighted by atomic mass is 16.5. The quantitative estimate of drug-likeness (QED) is 0.723. The second-order valence-electron chi connectivity index (χ2n) is 7.55. The molecule has 3 rings (SSSR count). The van der Waals surface area contributed by atoms with Gasteiger partial charge in [0, 0.05) is 11.7 Å². The number of hydrogen-bond acceptors (Lipinski definition) is 4. The van der Waals surface area contributed by atoms with Crippen molar-refractivity contribution in [1.29, 1.82) is 0 Å². The van der Waals surface area contributed by atoms with Crippen molar-refractivity contribution in [2.45, 2.75) is 39.2 Å². The largest absolute Gasteiger partial charge is 0.452 e. The lowest BCUT2D eigenvalue weighted by Gasteiger charge is -2.34. The molecule has 0 radical (unpaired) electrons. The standard InChI is InChI=1S/C23H28N2O3/c1-16-9-8-14-20(17(16)2)25-22(26)15-28-23(27)19-12-6-7-13-21(19)24-18-10-4-3-5-11-18/h3-7,10-13,16-17,20,24H,8-9,14-15H2,1-2H3,(H,25,26)/t16-,17-,20-/m1/s1. The Hall–Kier alpha value is -2.82. The minimum absolute atomic E-state index is 0.155. The molecule has 2 aromatic rings. The van der Waals surface area contributed by atoms with Crippen molar-refractivity contribution in [2.24, 2.45) is 11.8 Å². The molecule has 0 heterocycles. The van der Waals surface area contributed by atoms with E-state index < -0.39 is 5.97 Å². The van der Waals surface area contributed by atoms with Crippen LogP contribution in [0.15, 0.2) is 54.6 Å². The fourth-order valence-corrected chi connectivity index (χ4v) is 3.69. The molecule has 1 fully saturated rings. The molecule has 28 heavy (non-hydrogen) atoms. The number of nitrogens with one attached hydrogen (secondary N) is 2. The number of carbonyl (C=O) groups is 2. The molecule has 2 aromatic carbocycles. The van der Waals surface area contributed by atoms with Gasteiger partial charge >= 0.3 is 5.97 Å². The van der Waals surface area contributed by atoms with Crippen LogP contribution in [0.4, 0.5) is 11.4 Å². The summed E-state index contributed by atoms with van der Waals surface area (Å²) in [5.41, 5.74) is 1.92. The number of benzene rings is 2. The number of ether oxygens (including phenoxy) is 1. The molecule has 0 saturated heterocycles. The lowest BCUT2D eigenvalue weighted by molar-refractivity contribution is -0.125. The van der Waals surface area contributed by atoms with Gasteiger partial charge in [-0.2, -0.15) is 0 Å². The van der Waals surface area contributed by atoms with Gasteiger partial charge in [-0.15, -0.1) is 0 Å². The van der Waals surface area contributed by atoms with Gasteiger partial charge in [-0.3, -0.25) is 4.79 Å². The van der Waals surface area contributed by atoms with Crippen LogP contribution in [-0.2, 0) is 9.53 Å². The summed E-state index contributed by atoms with van der Waals surface area (Å²) < 4.78 is 5.28. The predicted octanol–water partition coefficient (Wildman–Crippen LogP) is 4.53. The number of rotatable bonds is 6. The first-order valence-corrected chi connectivity index (χ1v) is 9.92. The summed E-state index contributed by atoms with van der Waals surface area (Å²) in [6.45, 7) is 4.13. The van der Waals surface area contributed by atoms with Crippen molar-refractivity contribution in [3.63, 3.8) is 0 Å². The van der Waals surface area contributed by atoms with Crippen molar-refractivity contribution < 1.29 is 14.3 Å². The smallest absolute Gasteiger partial charge is 0.340 e. The Bertz CT molecular complexity index is 807. The van der Waals surface area contributed by atoms with Crippen molar-refractivity contribution in [2.75, 3.05) is 11.9 Å². The average molecular weight is 380 g/mol. The summed E-state index contributed by atoms with van der Waals surface area (Å²) >= 11 is 0. The first kappa shape index (κ1) is 19.9. The third kappa shape index (κ3) is 5.12. The average Bonchev–Trinajstić information content (AvgIpc) is 2.71. The van der Waals surface area contributed by atoms with Gasteiger partial charge in [0.15, 0.2) is 6.61 Å². The van der Waals surface area contributed by atoms with E-state index in [1.54, 1.807) is 12.1 Å². The lowest BCUT2D eigenvalue weighted by Crippen LogP contribution is -2.45. The van der Waals surface area contributed by atoms with Crippen LogP contribution in [0.3, 0.4) is 0 Å². The van der Waals surface area contributed by atoms with Crippen molar-refractivity contribution in [1.82, 2.24) is 5.32 Å². The zero-order chi connectivity index (χ0) is 19.9. The van der Waals surface area contributed by atoms with Crippen LogP contribution in [0.5, 0.6) is 0 Å². The van der Waals surface area contributed by atoms with E-state index in [2.05, 4.69) is 24.5 Å². The van der Waals surface area contributed by atoms with E-state index in [1.165, 1.54) is 6.42 Å². The molecule has 2 N–H and O–H groups in total. The number of hydrogen-bond donors (Lipinski definition) is 2. The summed E-state index contributed by atoms with van der Waals surface area (Å²) in [5, 5.41) is 6.24. The van der Waals surface area contributed by atoms with Crippen molar-refractivity contribution in [3.8, 4) is 0 Å².